The first-order chi connectivity index (χ1) is 28.6. The van der Waals surface area contributed by atoms with E-state index in [1.54, 1.807) is 0 Å². The van der Waals surface area contributed by atoms with Gasteiger partial charge in [-0.3, -0.25) is 24.0 Å². The van der Waals surface area contributed by atoms with E-state index in [2.05, 4.69) is 42.0 Å². The molecule has 348 valence electrons. The Kier molecular flexibility index (Phi) is 45.3. The lowest BCUT2D eigenvalue weighted by atomic mass is 10.0. The van der Waals surface area contributed by atoms with Gasteiger partial charge in [0.15, 0.2) is 0 Å². The van der Waals surface area contributed by atoms with E-state index < -0.39 is 12.0 Å². The van der Waals surface area contributed by atoms with Crippen LogP contribution in [0.25, 0.3) is 0 Å². The van der Waals surface area contributed by atoms with Crippen molar-refractivity contribution in [3.63, 3.8) is 0 Å². The van der Waals surface area contributed by atoms with Gasteiger partial charge in [0.2, 0.25) is 23.6 Å². The van der Waals surface area contributed by atoms with E-state index in [0.29, 0.717) is 119 Å². The molecule has 0 aromatic heterocycles. The molecule has 0 aliphatic heterocycles. The average molecular weight is 854 g/mol. The normalized spacial score (nSPS) is 11.9. The minimum atomic E-state index is -0.902. The van der Waals surface area contributed by atoms with Crippen molar-refractivity contribution in [3.8, 4) is 0 Å². The van der Waals surface area contributed by atoms with Crippen molar-refractivity contribution in [2.45, 2.75) is 91.5 Å². The Morgan fingerprint density at radius 1 is 0.559 bits per heavy atom. The van der Waals surface area contributed by atoms with Crippen molar-refractivity contribution in [1.29, 1.82) is 0 Å². The highest BCUT2D eigenvalue weighted by molar-refractivity contribution is 5.86. The molecular weight excluding hydrogens is 774 g/mol. The van der Waals surface area contributed by atoms with Crippen molar-refractivity contribution < 1.29 is 67.0 Å². The maximum atomic E-state index is 12.3. The molecule has 2 atom stereocenters. The van der Waals surface area contributed by atoms with Gasteiger partial charge >= 0.3 is 5.97 Å². The summed E-state index contributed by atoms with van der Waals surface area (Å²) in [5.74, 6) is -1.09. The second kappa shape index (κ2) is 46.1. The van der Waals surface area contributed by atoms with Crippen molar-refractivity contribution in [3.05, 3.63) is 0 Å². The molecule has 0 saturated heterocycles. The molecule has 0 aromatic rings. The van der Waals surface area contributed by atoms with Crippen LogP contribution in [0.1, 0.15) is 85.5 Å². The van der Waals surface area contributed by atoms with Gasteiger partial charge in [-0.25, -0.2) is 0 Å². The molecule has 7 N–H and O–H groups in total. The molecular formula is C40H79N5O14. The maximum absolute atomic E-state index is 12.3. The van der Waals surface area contributed by atoms with E-state index in [9.17, 15) is 24.0 Å². The zero-order valence-corrected chi connectivity index (χ0v) is 36.5. The highest BCUT2D eigenvalue weighted by atomic mass is 16.6. The number of nitrogens with two attached hydrogens (primary N) is 1. The number of hydrogen-bond acceptors (Lipinski definition) is 14. The topological polar surface area (TPSA) is 254 Å². The molecule has 4 amide bonds. The number of carboxylic acids is 1. The van der Waals surface area contributed by atoms with Crippen molar-refractivity contribution >= 4 is 29.6 Å². The minimum absolute atomic E-state index is 0.0339. The number of hydrogen-bond donors (Lipinski definition) is 6. The molecule has 0 rings (SSSR count). The van der Waals surface area contributed by atoms with E-state index in [1.165, 1.54) is 32.6 Å². The van der Waals surface area contributed by atoms with E-state index >= 15 is 0 Å². The number of amides is 4. The van der Waals surface area contributed by atoms with Gasteiger partial charge in [0.1, 0.15) is 6.04 Å². The number of ether oxygens (including phenoxy) is 8. The Bertz CT molecular complexity index is 1010. The van der Waals surface area contributed by atoms with Gasteiger partial charge in [-0.2, -0.15) is 0 Å². The lowest BCUT2D eigenvalue weighted by Gasteiger charge is -2.17. The molecule has 0 saturated carbocycles. The van der Waals surface area contributed by atoms with Crippen LogP contribution >= 0.6 is 0 Å². The molecule has 0 heterocycles. The molecule has 0 aliphatic carbocycles. The Balaban J connectivity index is 0. The second-order valence-electron chi connectivity index (χ2n) is 13.4. The summed E-state index contributed by atoms with van der Waals surface area (Å²) in [4.78, 5) is 57.7. The zero-order valence-electron chi connectivity index (χ0n) is 36.5. The fourth-order valence-corrected chi connectivity index (χ4v) is 4.57. The molecule has 0 aliphatic rings. The molecule has 0 aromatic carbocycles. The molecule has 0 fully saturated rings. The molecule has 59 heavy (non-hydrogen) atoms. The predicted molar refractivity (Wildman–Crippen MR) is 222 cm³/mol. The highest BCUT2D eigenvalue weighted by Crippen LogP contribution is 2.10. The number of aliphatic carboxylic acids is 1. The van der Waals surface area contributed by atoms with E-state index in [0.717, 1.165) is 18.8 Å². The first-order valence-corrected chi connectivity index (χ1v) is 21.2. The van der Waals surface area contributed by atoms with E-state index in [-0.39, 0.29) is 56.2 Å². The summed E-state index contributed by atoms with van der Waals surface area (Å²) >= 11 is 0. The summed E-state index contributed by atoms with van der Waals surface area (Å²) in [5, 5.41) is 19.1. The third kappa shape index (κ3) is 47.5. The third-order valence-corrected chi connectivity index (χ3v) is 8.11. The van der Waals surface area contributed by atoms with Crippen LogP contribution in [0, 0.1) is 5.92 Å². The summed E-state index contributed by atoms with van der Waals surface area (Å²) in [5.41, 5.74) is 5.49. The molecule has 0 bridgehead atoms. The van der Waals surface area contributed by atoms with Crippen LogP contribution < -0.4 is 27.0 Å². The number of carbonyl (C=O) groups excluding carboxylic acids is 4. The average Bonchev–Trinajstić information content (AvgIpc) is 3.21. The van der Waals surface area contributed by atoms with Crippen LogP contribution in [0.15, 0.2) is 0 Å². The second-order valence-corrected chi connectivity index (χ2v) is 13.4. The minimum Gasteiger partial charge on any atom is -0.481 e. The SMILES string of the molecule is CC(=O)NC(CCCCN)C(=O)NCCOCCOCCOCCOCCC(=O)NCC(=O)NCCOCCOCCOCCOCCC(=O)O.CCCCC(C)CC. The largest absolute Gasteiger partial charge is 0.481 e. The predicted octanol–water partition coefficient (Wildman–Crippen LogP) is 1.19. The quantitative estimate of drug-likeness (QED) is 0.0472. The lowest BCUT2D eigenvalue weighted by molar-refractivity contribution is -0.138. The molecule has 19 nitrogen and oxygen atoms in total. The van der Waals surface area contributed by atoms with Crippen LogP contribution in [0.5, 0.6) is 0 Å². The summed E-state index contributed by atoms with van der Waals surface area (Å²) in [7, 11) is 0. The monoisotopic (exact) mass is 854 g/mol. The fourth-order valence-electron chi connectivity index (χ4n) is 4.57. The van der Waals surface area contributed by atoms with Crippen LogP contribution in [-0.2, 0) is 61.9 Å². The van der Waals surface area contributed by atoms with Gasteiger partial charge < -0.3 is 70.0 Å². The van der Waals surface area contributed by atoms with Crippen LogP contribution in [-0.4, -0.2) is 173 Å². The van der Waals surface area contributed by atoms with Gasteiger partial charge in [-0.05, 0) is 31.7 Å². The van der Waals surface area contributed by atoms with Crippen molar-refractivity contribution in [1.82, 2.24) is 21.3 Å². The van der Waals surface area contributed by atoms with E-state index in [1.807, 2.05) is 0 Å². The van der Waals surface area contributed by atoms with Gasteiger partial charge in [0.25, 0.3) is 0 Å². The lowest BCUT2D eigenvalue weighted by Crippen LogP contribution is -2.46. The van der Waals surface area contributed by atoms with Gasteiger partial charge in [-0.15, -0.1) is 0 Å². The Hall–Kier alpha value is -3.01. The first-order valence-electron chi connectivity index (χ1n) is 21.2. The summed E-state index contributed by atoms with van der Waals surface area (Å²) in [6.07, 6.45) is 7.68. The highest BCUT2D eigenvalue weighted by Gasteiger charge is 2.18. The number of carbonyl (C=O) groups is 5. The van der Waals surface area contributed by atoms with Gasteiger partial charge in [0, 0.05) is 26.4 Å². The maximum Gasteiger partial charge on any atom is 0.305 e. The molecule has 0 radical (unpaired) electrons. The zero-order chi connectivity index (χ0) is 44.0. The number of nitrogens with one attached hydrogen (secondary N) is 4. The molecule has 2 unspecified atom stereocenters. The molecule has 0 spiro atoms. The van der Waals surface area contributed by atoms with E-state index in [4.69, 9.17) is 48.7 Å². The van der Waals surface area contributed by atoms with Gasteiger partial charge in [0.05, 0.1) is 119 Å². The number of rotatable bonds is 42. The summed E-state index contributed by atoms with van der Waals surface area (Å²) in [6.45, 7) is 14.5. The first kappa shape index (κ1) is 58.1. The number of carboxylic acid groups (broad SMARTS) is 1. The van der Waals surface area contributed by atoms with Gasteiger partial charge in [-0.1, -0.05) is 46.5 Å². The third-order valence-electron chi connectivity index (χ3n) is 8.11. The standard InChI is InChI=1S/C32H61N5O14.C8H18/c1-27(38)37-28(4-2-3-7-33)32(43)35-9-13-47-17-21-51-24-22-48-18-14-44-10-5-29(39)36-26-30(40)34-8-12-46-16-20-50-25-23-49-19-15-45-11-6-31(41)42;1-4-6-7-8(3)5-2/h28H,2-26,33H2,1H3,(H,34,40)(H,35,43)(H,36,39)(H,37,38)(H,41,42);8H,4-7H2,1-3H3. The Morgan fingerprint density at radius 2 is 1.02 bits per heavy atom. The van der Waals surface area contributed by atoms with Crippen LogP contribution in [0.4, 0.5) is 0 Å². The smallest absolute Gasteiger partial charge is 0.305 e. The Labute approximate surface area is 352 Å². The van der Waals surface area contributed by atoms with Crippen molar-refractivity contribution in [2.24, 2.45) is 11.7 Å². The fraction of sp³-hybridized carbons (Fsp3) is 0.875. The summed E-state index contributed by atoms with van der Waals surface area (Å²) in [6, 6.07) is -0.581. The van der Waals surface area contributed by atoms with Crippen LogP contribution in [0.3, 0.4) is 0 Å². The number of unbranched alkanes of at least 4 members (excludes halogenated alkanes) is 2. The Morgan fingerprint density at radius 3 is 1.46 bits per heavy atom. The summed E-state index contributed by atoms with van der Waals surface area (Å²) < 4.78 is 42.8. The van der Waals surface area contributed by atoms with Crippen molar-refractivity contribution in [2.75, 3.05) is 132 Å². The van der Waals surface area contributed by atoms with Crippen LogP contribution in [0.2, 0.25) is 0 Å². The molecule has 19 heteroatoms.